The van der Waals surface area contributed by atoms with Crippen molar-refractivity contribution in [1.29, 1.82) is 0 Å². The van der Waals surface area contributed by atoms with Crippen LogP contribution in [0.3, 0.4) is 0 Å². The zero-order valence-electron chi connectivity index (χ0n) is 18.1. The highest BCUT2D eigenvalue weighted by atomic mass is 16.5. The zero-order valence-corrected chi connectivity index (χ0v) is 18.1. The maximum atomic E-state index is 9.63. The van der Waals surface area contributed by atoms with Gasteiger partial charge in [0.15, 0.2) is 5.96 Å². The summed E-state index contributed by atoms with van der Waals surface area (Å²) in [5.74, 6) is 0.974. The topological polar surface area (TPSA) is 69.1 Å². The fourth-order valence-corrected chi connectivity index (χ4v) is 5.38. The number of guanidine groups is 1. The minimum Gasteiger partial charge on any atom is -0.393 e. The summed E-state index contributed by atoms with van der Waals surface area (Å²) in [6.07, 6.45) is 11.0. The van der Waals surface area contributed by atoms with Gasteiger partial charge in [-0.3, -0.25) is 4.99 Å². The average molecular weight is 395 g/mol. The molecule has 0 amide bonds. The fourth-order valence-electron chi connectivity index (χ4n) is 5.38. The number of aliphatic hydroxyl groups is 1. The SMILES string of the molecule is CCNC(=NCCCN1CCC(O)CC1)NC1CC(OCC)C12CCCCC2. The average Bonchev–Trinajstić information content (AvgIpc) is 2.72. The van der Waals surface area contributed by atoms with E-state index in [2.05, 4.69) is 29.4 Å². The zero-order chi connectivity index (χ0) is 19.8. The number of rotatable bonds is 8. The van der Waals surface area contributed by atoms with Gasteiger partial charge in [0.25, 0.3) is 0 Å². The standard InChI is InChI=1S/C22H42N4O2/c1-3-23-21(24-13-8-14-26-15-9-18(27)10-16-26)25-19-17-20(28-4-2)22(19)11-6-5-7-12-22/h18-20,27H,3-17H2,1-2H3,(H2,23,24,25). The molecule has 2 aliphatic carbocycles. The molecule has 2 saturated carbocycles. The van der Waals surface area contributed by atoms with E-state index in [1.165, 1.54) is 32.1 Å². The summed E-state index contributed by atoms with van der Waals surface area (Å²) in [7, 11) is 0. The van der Waals surface area contributed by atoms with Crippen molar-refractivity contribution >= 4 is 5.96 Å². The smallest absolute Gasteiger partial charge is 0.191 e. The summed E-state index contributed by atoms with van der Waals surface area (Å²) in [4.78, 5) is 7.32. The van der Waals surface area contributed by atoms with Gasteiger partial charge in [-0.2, -0.15) is 0 Å². The van der Waals surface area contributed by atoms with Gasteiger partial charge in [-0.05, 0) is 58.9 Å². The van der Waals surface area contributed by atoms with Gasteiger partial charge in [-0.15, -0.1) is 0 Å². The van der Waals surface area contributed by atoms with Crippen LogP contribution in [0.15, 0.2) is 4.99 Å². The van der Waals surface area contributed by atoms with E-state index in [9.17, 15) is 5.11 Å². The number of likely N-dealkylation sites (tertiary alicyclic amines) is 1. The first kappa shape index (κ1) is 21.8. The Balaban J connectivity index is 1.48. The van der Waals surface area contributed by atoms with Gasteiger partial charge >= 0.3 is 0 Å². The van der Waals surface area contributed by atoms with Crippen LogP contribution in [-0.4, -0.2) is 73.5 Å². The van der Waals surface area contributed by atoms with Crippen LogP contribution in [0.2, 0.25) is 0 Å². The number of ether oxygens (including phenoxy) is 1. The second kappa shape index (κ2) is 10.8. The maximum absolute atomic E-state index is 9.63. The molecule has 3 N–H and O–H groups in total. The number of hydrogen-bond donors (Lipinski definition) is 3. The number of aliphatic imine (C=N–C) groups is 1. The van der Waals surface area contributed by atoms with Gasteiger partial charge in [0.05, 0.1) is 12.2 Å². The number of aliphatic hydroxyl groups excluding tert-OH is 1. The van der Waals surface area contributed by atoms with Crippen molar-refractivity contribution in [2.75, 3.05) is 39.3 Å². The Hall–Kier alpha value is -0.850. The Kier molecular flexibility index (Phi) is 8.42. The van der Waals surface area contributed by atoms with Crippen molar-refractivity contribution in [3.8, 4) is 0 Å². The lowest BCUT2D eigenvalue weighted by Gasteiger charge is -2.58. The molecule has 1 aliphatic heterocycles. The van der Waals surface area contributed by atoms with Crippen LogP contribution >= 0.6 is 0 Å². The Morgan fingerprint density at radius 3 is 2.61 bits per heavy atom. The van der Waals surface area contributed by atoms with Gasteiger partial charge in [0.2, 0.25) is 0 Å². The summed E-state index contributed by atoms with van der Waals surface area (Å²) >= 11 is 0. The van der Waals surface area contributed by atoms with Crippen LogP contribution in [0, 0.1) is 5.41 Å². The van der Waals surface area contributed by atoms with Crippen molar-refractivity contribution in [2.24, 2.45) is 10.4 Å². The maximum Gasteiger partial charge on any atom is 0.191 e. The first-order valence-corrected chi connectivity index (χ1v) is 11.7. The number of hydrogen-bond acceptors (Lipinski definition) is 4. The molecule has 1 heterocycles. The highest BCUT2D eigenvalue weighted by Crippen LogP contribution is 2.53. The van der Waals surface area contributed by atoms with E-state index in [0.29, 0.717) is 17.6 Å². The number of piperidine rings is 1. The largest absolute Gasteiger partial charge is 0.393 e. The molecule has 28 heavy (non-hydrogen) atoms. The van der Waals surface area contributed by atoms with Crippen LogP contribution < -0.4 is 10.6 Å². The normalized spacial score (nSPS) is 28.9. The Morgan fingerprint density at radius 1 is 1.18 bits per heavy atom. The quantitative estimate of drug-likeness (QED) is 0.335. The van der Waals surface area contributed by atoms with E-state index in [4.69, 9.17) is 9.73 Å². The van der Waals surface area contributed by atoms with Crippen LogP contribution in [-0.2, 0) is 4.74 Å². The fraction of sp³-hybridized carbons (Fsp3) is 0.955. The Bertz CT molecular complexity index is 485. The van der Waals surface area contributed by atoms with Gasteiger partial charge in [-0.1, -0.05) is 19.3 Å². The van der Waals surface area contributed by atoms with Crippen molar-refractivity contribution < 1.29 is 9.84 Å². The summed E-state index contributed by atoms with van der Waals surface area (Å²) in [6, 6.07) is 0.491. The predicted octanol–water partition coefficient (Wildman–Crippen LogP) is 2.52. The molecule has 6 nitrogen and oxygen atoms in total. The summed E-state index contributed by atoms with van der Waals surface area (Å²) in [5, 5.41) is 16.8. The van der Waals surface area contributed by atoms with E-state index >= 15 is 0 Å². The van der Waals surface area contributed by atoms with Crippen LogP contribution in [0.25, 0.3) is 0 Å². The lowest BCUT2D eigenvalue weighted by Crippen LogP contribution is -2.66. The van der Waals surface area contributed by atoms with E-state index in [1.54, 1.807) is 0 Å². The monoisotopic (exact) mass is 394 g/mol. The lowest BCUT2D eigenvalue weighted by molar-refractivity contribution is -0.145. The molecule has 1 spiro atoms. The first-order valence-electron chi connectivity index (χ1n) is 11.7. The molecule has 1 saturated heterocycles. The third-order valence-corrected chi connectivity index (χ3v) is 7.05. The van der Waals surface area contributed by atoms with E-state index in [-0.39, 0.29) is 6.10 Å². The molecule has 3 aliphatic rings. The molecule has 6 heteroatoms. The highest BCUT2D eigenvalue weighted by molar-refractivity contribution is 5.80. The van der Waals surface area contributed by atoms with Crippen molar-refractivity contribution in [3.05, 3.63) is 0 Å². The summed E-state index contributed by atoms with van der Waals surface area (Å²) in [6.45, 7) is 9.94. The molecule has 0 aromatic heterocycles. The molecule has 2 atom stereocenters. The second-order valence-electron chi connectivity index (χ2n) is 8.86. The summed E-state index contributed by atoms with van der Waals surface area (Å²) in [5.41, 5.74) is 0.319. The van der Waals surface area contributed by atoms with E-state index in [1.807, 2.05) is 0 Å². The summed E-state index contributed by atoms with van der Waals surface area (Å²) < 4.78 is 6.09. The van der Waals surface area contributed by atoms with Crippen molar-refractivity contribution in [3.63, 3.8) is 0 Å². The second-order valence-corrected chi connectivity index (χ2v) is 8.86. The number of nitrogens with one attached hydrogen (secondary N) is 2. The molecule has 2 unspecified atom stereocenters. The molecule has 162 valence electrons. The highest BCUT2D eigenvalue weighted by Gasteiger charge is 2.55. The molecular formula is C22H42N4O2. The molecule has 3 rings (SSSR count). The minimum atomic E-state index is -0.0890. The Labute approximate surface area is 171 Å². The van der Waals surface area contributed by atoms with E-state index in [0.717, 1.165) is 71.0 Å². The first-order chi connectivity index (χ1) is 13.7. The van der Waals surface area contributed by atoms with E-state index < -0.39 is 0 Å². The molecular weight excluding hydrogens is 352 g/mol. The third kappa shape index (κ3) is 5.39. The minimum absolute atomic E-state index is 0.0890. The Morgan fingerprint density at radius 2 is 1.93 bits per heavy atom. The van der Waals surface area contributed by atoms with Gasteiger partial charge < -0.3 is 25.4 Å². The van der Waals surface area contributed by atoms with Gasteiger partial charge in [-0.25, -0.2) is 0 Å². The van der Waals surface area contributed by atoms with Crippen LogP contribution in [0.1, 0.15) is 71.6 Å². The van der Waals surface area contributed by atoms with Gasteiger partial charge in [0.1, 0.15) is 0 Å². The van der Waals surface area contributed by atoms with Gasteiger partial charge in [0, 0.05) is 44.2 Å². The van der Waals surface area contributed by atoms with Crippen LogP contribution in [0.5, 0.6) is 0 Å². The molecule has 0 aromatic carbocycles. The number of nitrogens with zero attached hydrogens (tertiary/aromatic N) is 2. The molecule has 3 fully saturated rings. The van der Waals surface area contributed by atoms with Crippen molar-refractivity contribution in [1.82, 2.24) is 15.5 Å². The molecule has 0 bridgehead atoms. The van der Waals surface area contributed by atoms with Crippen molar-refractivity contribution in [2.45, 2.75) is 89.9 Å². The molecule has 0 aromatic rings. The molecule has 0 radical (unpaired) electrons. The predicted molar refractivity (Wildman–Crippen MR) is 115 cm³/mol. The third-order valence-electron chi connectivity index (χ3n) is 7.05. The van der Waals surface area contributed by atoms with Crippen LogP contribution in [0.4, 0.5) is 0 Å². The lowest BCUT2D eigenvalue weighted by atomic mass is 9.55.